The molecule has 3 amide bonds. The maximum absolute atomic E-state index is 11.6. The van der Waals surface area contributed by atoms with Gasteiger partial charge in [0.1, 0.15) is 5.82 Å². The molecule has 1 aromatic heterocycles. The summed E-state index contributed by atoms with van der Waals surface area (Å²) in [6, 6.07) is 3.37. The van der Waals surface area contributed by atoms with E-state index in [-0.39, 0.29) is 23.6 Å². The van der Waals surface area contributed by atoms with Gasteiger partial charge >= 0.3 is 0 Å². The molecule has 1 aromatic rings. The Hall–Kier alpha value is -2.24. The molecule has 1 atom stereocenters. The lowest BCUT2D eigenvalue weighted by atomic mass is 9.92. The molecule has 0 spiro atoms. The number of rotatable bonds is 2. The van der Waals surface area contributed by atoms with Crippen LogP contribution in [0.15, 0.2) is 18.3 Å². The number of hydrogen-bond acceptors (Lipinski definition) is 4. The number of nitrogens with one attached hydrogen (secondary N) is 2. The summed E-state index contributed by atoms with van der Waals surface area (Å²) in [4.78, 5) is 37.6. The van der Waals surface area contributed by atoms with Crippen molar-refractivity contribution in [1.29, 1.82) is 0 Å². The molecule has 1 unspecified atom stereocenters. The first-order valence-electron chi connectivity index (χ1n) is 5.63. The molecule has 1 fully saturated rings. The van der Waals surface area contributed by atoms with Gasteiger partial charge in [-0.2, -0.15) is 0 Å². The van der Waals surface area contributed by atoms with Gasteiger partial charge in [-0.3, -0.25) is 19.7 Å². The number of nitrogens with zero attached hydrogens (tertiary/aromatic N) is 1. The van der Waals surface area contributed by atoms with Crippen LogP contribution in [0.2, 0.25) is 0 Å². The van der Waals surface area contributed by atoms with Crippen LogP contribution < -0.4 is 10.6 Å². The number of piperidine rings is 1. The lowest BCUT2D eigenvalue weighted by Gasteiger charge is -2.20. The molecule has 2 rings (SSSR count). The highest BCUT2D eigenvalue weighted by molar-refractivity contribution is 6.00. The topological polar surface area (TPSA) is 88.2 Å². The van der Waals surface area contributed by atoms with E-state index < -0.39 is 0 Å². The van der Waals surface area contributed by atoms with Crippen molar-refractivity contribution in [2.24, 2.45) is 0 Å². The summed E-state index contributed by atoms with van der Waals surface area (Å²) in [5.41, 5.74) is 0.745. The number of aromatic nitrogens is 1. The monoisotopic (exact) mass is 247 g/mol. The smallest absolute Gasteiger partial charge is 0.234 e. The van der Waals surface area contributed by atoms with E-state index in [1.54, 1.807) is 18.3 Å². The molecule has 18 heavy (non-hydrogen) atoms. The van der Waals surface area contributed by atoms with Crippen LogP contribution in [0.3, 0.4) is 0 Å². The fraction of sp³-hybridized carbons (Fsp3) is 0.333. The molecule has 94 valence electrons. The molecular formula is C12H13N3O3. The van der Waals surface area contributed by atoms with E-state index in [1.165, 1.54) is 6.92 Å². The summed E-state index contributed by atoms with van der Waals surface area (Å²) in [5.74, 6) is -0.629. The van der Waals surface area contributed by atoms with E-state index in [9.17, 15) is 14.4 Å². The molecule has 2 N–H and O–H groups in total. The maximum Gasteiger partial charge on any atom is 0.234 e. The predicted molar refractivity (Wildman–Crippen MR) is 63.7 cm³/mol. The van der Waals surface area contributed by atoms with Crippen LogP contribution in [0.5, 0.6) is 0 Å². The van der Waals surface area contributed by atoms with Crippen molar-refractivity contribution in [2.75, 3.05) is 5.32 Å². The SMILES string of the molecule is CC(=O)Nc1ccc(C2CCC(=O)NC2=O)cn1. The van der Waals surface area contributed by atoms with E-state index in [0.717, 1.165) is 5.56 Å². The van der Waals surface area contributed by atoms with Crippen LogP contribution in [0.25, 0.3) is 0 Å². The summed E-state index contributed by atoms with van der Waals surface area (Å²) in [5, 5.41) is 4.85. The standard InChI is InChI=1S/C12H13N3O3/c1-7(16)14-10-4-2-8(6-13-10)9-3-5-11(17)15-12(9)18/h2,4,6,9H,3,5H2,1H3,(H,13,14,16)(H,15,17,18). The number of carbonyl (C=O) groups is 3. The van der Waals surface area contributed by atoms with Crippen molar-refractivity contribution in [3.05, 3.63) is 23.9 Å². The second-order valence-corrected chi connectivity index (χ2v) is 4.16. The molecule has 6 heteroatoms. The normalized spacial score (nSPS) is 19.3. The Kier molecular flexibility index (Phi) is 3.36. The van der Waals surface area contributed by atoms with E-state index in [4.69, 9.17) is 0 Å². The third-order valence-electron chi connectivity index (χ3n) is 2.73. The molecule has 1 aliphatic heterocycles. The average Bonchev–Trinajstić information content (AvgIpc) is 2.30. The summed E-state index contributed by atoms with van der Waals surface area (Å²) in [6.07, 6.45) is 2.38. The number of imide groups is 1. The Morgan fingerprint density at radius 2 is 2.22 bits per heavy atom. The Bertz CT molecular complexity index is 496. The van der Waals surface area contributed by atoms with Gasteiger partial charge in [-0.25, -0.2) is 4.98 Å². The number of hydrogen-bond donors (Lipinski definition) is 2. The molecule has 1 saturated heterocycles. The zero-order valence-electron chi connectivity index (χ0n) is 9.90. The van der Waals surface area contributed by atoms with Crippen molar-refractivity contribution in [2.45, 2.75) is 25.7 Å². The first kappa shape index (κ1) is 12.2. The van der Waals surface area contributed by atoms with Gasteiger partial charge in [0.2, 0.25) is 17.7 Å². The lowest BCUT2D eigenvalue weighted by Crippen LogP contribution is -2.39. The van der Waals surface area contributed by atoms with Gasteiger partial charge in [0.15, 0.2) is 0 Å². The molecule has 2 heterocycles. The van der Waals surface area contributed by atoms with Crippen molar-refractivity contribution < 1.29 is 14.4 Å². The summed E-state index contributed by atoms with van der Waals surface area (Å²) in [6.45, 7) is 1.40. The molecular weight excluding hydrogens is 234 g/mol. The molecule has 0 aromatic carbocycles. The van der Waals surface area contributed by atoms with Crippen LogP contribution >= 0.6 is 0 Å². The van der Waals surface area contributed by atoms with Gasteiger partial charge < -0.3 is 5.32 Å². The average molecular weight is 247 g/mol. The number of amides is 3. The second kappa shape index (κ2) is 4.95. The number of anilines is 1. The zero-order chi connectivity index (χ0) is 13.1. The van der Waals surface area contributed by atoms with Gasteiger partial charge in [-0.15, -0.1) is 0 Å². The Labute approximate surface area is 104 Å². The highest BCUT2D eigenvalue weighted by Crippen LogP contribution is 2.24. The van der Waals surface area contributed by atoms with Crippen LogP contribution in [-0.4, -0.2) is 22.7 Å². The van der Waals surface area contributed by atoms with Gasteiger partial charge in [-0.1, -0.05) is 6.07 Å². The van der Waals surface area contributed by atoms with Crippen molar-refractivity contribution in [1.82, 2.24) is 10.3 Å². The van der Waals surface area contributed by atoms with Crippen LogP contribution in [0.4, 0.5) is 5.82 Å². The van der Waals surface area contributed by atoms with Crippen LogP contribution in [-0.2, 0) is 14.4 Å². The van der Waals surface area contributed by atoms with Crippen molar-refractivity contribution in [3.8, 4) is 0 Å². The minimum Gasteiger partial charge on any atom is -0.311 e. The summed E-state index contributed by atoms with van der Waals surface area (Å²) in [7, 11) is 0. The maximum atomic E-state index is 11.6. The third-order valence-corrected chi connectivity index (χ3v) is 2.73. The first-order valence-corrected chi connectivity index (χ1v) is 5.63. The fourth-order valence-corrected chi connectivity index (χ4v) is 1.88. The summed E-state index contributed by atoms with van der Waals surface area (Å²) >= 11 is 0. The number of pyridine rings is 1. The van der Waals surface area contributed by atoms with Gasteiger partial charge in [0.05, 0.1) is 5.92 Å². The fourth-order valence-electron chi connectivity index (χ4n) is 1.88. The van der Waals surface area contributed by atoms with E-state index in [1.807, 2.05) is 0 Å². The quantitative estimate of drug-likeness (QED) is 0.747. The van der Waals surface area contributed by atoms with E-state index in [2.05, 4.69) is 15.6 Å². The highest BCUT2D eigenvalue weighted by Gasteiger charge is 2.27. The number of carbonyl (C=O) groups excluding carboxylic acids is 3. The van der Waals surface area contributed by atoms with Gasteiger partial charge in [0.25, 0.3) is 0 Å². The molecule has 1 aliphatic rings. The van der Waals surface area contributed by atoms with Crippen molar-refractivity contribution in [3.63, 3.8) is 0 Å². The zero-order valence-corrected chi connectivity index (χ0v) is 9.90. The molecule has 0 bridgehead atoms. The van der Waals surface area contributed by atoms with Crippen LogP contribution in [0.1, 0.15) is 31.2 Å². The highest BCUT2D eigenvalue weighted by atomic mass is 16.2. The Morgan fingerprint density at radius 3 is 2.78 bits per heavy atom. The molecule has 0 radical (unpaired) electrons. The van der Waals surface area contributed by atoms with E-state index in [0.29, 0.717) is 18.7 Å². The molecule has 0 aliphatic carbocycles. The van der Waals surface area contributed by atoms with Crippen LogP contribution in [0, 0.1) is 0 Å². The van der Waals surface area contributed by atoms with Gasteiger partial charge in [0, 0.05) is 19.5 Å². The van der Waals surface area contributed by atoms with Gasteiger partial charge in [-0.05, 0) is 18.1 Å². The molecule has 0 saturated carbocycles. The third kappa shape index (κ3) is 2.71. The lowest BCUT2D eigenvalue weighted by molar-refractivity contribution is -0.134. The first-order chi connectivity index (χ1) is 8.56. The summed E-state index contributed by atoms with van der Waals surface area (Å²) < 4.78 is 0. The second-order valence-electron chi connectivity index (χ2n) is 4.16. The minimum atomic E-state index is -0.346. The Balaban J connectivity index is 2.12. The molecule has 6 nitrogen and oxygen atoms in total. The van der Waals surface area contributed by atoms with E-state index >= 15 is 0 Å². The van der Waals surface area contributed by atoms with Crippen molar-refractivity contribution >= 4 is 23.5 Å². The minimum absolute atomic E-state index is 0.198. The Morgan fingerprint density at radius 1 is 1.44 bits per heavy atom. The largest absolute Gasteiger partial charge is 0.311 e. The predicted octanol–water partition coefficient (Wildman–Crippen LogP) is 0.560.